The predicted octanol–water partition coefficient (Wildman–Crippen LogP) is 3.93. The lowest BCUT2D eigenvalue weighted by Crippen LogP contribution is -1.97. The average molecular weight is 351 g/mol. The van der Waals surface area contributed by atoms with E-state index in [1.54, 1.807) is 38.5 Å². The zero-order valence-electron chi connectivity index (χ0n) is 11.8. The number of ether oxygens (including phenoxy) is 3. The molecular formula is C15H15BrN2O3. The Balaban J connectivity index is 1.88. The standard InChI is InChI=1S/C15H15BrN2O3/c1-19-10-5-11(20-2)7-12(6-10)21-14-8-13(16)17-15(18-14)9-3-4-9/h5-9H,3-4H2,1-2H3. The highest BCUT2D eigenvalue weighted by molar-refractivity contribution is 9.10. The predicted molar refractivity (Wildman–Crippen MR) is 81.3 cm³/mol. The minimum atomic E-state index is 0.463. The van der Waals surface area contributed by atoms with Gasteiger partial charge < -0.3 is 14.2 Å². The lowest BCUT2D eigenvalue weighted by Gasteiger charge is -2.10. The van der Waals surface area contributed by atoms with Gasteiger partial charge >= 0.3 is 0 Å². The van der Waals surface area contributed by atoms with Gasteiger partial charge in [-0.25, -0.2) is 4.98 Å². The van der Waals surface area contributed by atoms with Crippen molar-refractivity contribution < 1.29 is 14.2 Å². The molecule has 0 amide bonds. The fourth-order valence-corrected chi connectivity index (χ4v) is 2.33. The van der Waals surface area contributed by atoms with Crippen molar-refractivity contribution >= 4 is 15.9 Å². The molecular weight excluding hydrogens is 336 g/mol. The van der Waals surface area contributed by atoms with Crippen LogP contribution in [0.3, 0.4) is 0 Å². The van der Waals surface area contributed by atoms with Crippen LogP contribution in [0.5, 0.6) is 23.1 Å². The molecule has 1 aliphatic carbocycles. The quantitative estimate of drug-likeness (QED) is 0.764. The van der Waals surface area contributed by atoms with Crippen LogP contribution >= 0.6 is 15.9 Å². The molecule has 0 N–H and O–H groups in total. The van der Waals surface area contributed by atoms with Gasteiger partial charge in [-0.05, 0) is 28.8 Å². The number of nitrogens with zero attached hydrogens (tertiary/aromatic N) is 2. The number of benzene rings is 1. The van der Waals surface area contributed by atoms with Crippen molar-refractivity contribution in [3.63, 3.8) is 0 Å². The average Bonchev–Trinajstić information content (AvgIpc) is 3.30. The second-order valence-electron chi connectivity index (χ2n) is 4.81. The van der Waals surface area contributed by atoms with E-state index in [9.17, 15) is 0 Å². The molecule has 1 aromatic carbocycles. The molecule has 0 bridgehead atoms. The zero-order chi connectivity index (χ0) is 14.8. The van der Waals surface area contributed by atoms with Crippen molar-refractivity contribution in [3.05, 3.63) is 34.7 Å². The SMILES string of the molecule is COc1cc(OC)cc(Oc2cc(Br)nc(C3CC3)n2)c1. The van der Waals surface area contributed by atoms with E-state index in [4.69, 9.17) is 14.2 Å². The van der Waals surface area contributed by atoms with Gasteiger partial charge in [0.05, 0.1) is 14.2 Å². The maximum absolute atomic E-state index is 5.82. The highest BCUT2D eigenvalue weighted by atomic mass is 79.9. The number of hydrogen-bond acceptors (Lipinski definition) is 5. The van der Waals surface area contributed by atoms with Crippen LogP contribution in [0.4, 0.5) is 0 Å². The van der Waals surface area contributed by atoms with Gasteiger partial charge in [-0.15, -0.1) is 0 Å². The van der Waals surface area contributed by atoms with Crippen molar-refractivity contribution in [2.75, 3.05) is 14.2 Å². The van der Waals surface area contributed by atoms with Crippen LogP contribution in [0.15, 0.2) is 28.9 Å². The Kier molecular flexibility index (Phi) is 3.96. The first-order chi connectivity index (χ1) is 10.2. The van der Waals surface area contributed by atoms with Crippen LogP contribution in [0.25, 0.3) is 0 Å². The smallest absolute Gasteiger partial charge is 0.223 e. The zero-order valence-corrected chi connectivity index (χ0v) is 13.4. The number of hydrogen-bond donors (Lipinski definition) is 0. The molecule has 0 spiro atoms. The second kappa shape index (κ2) is 5.89. The molecule has 1 fully saturated rings. The summed E-state index contributed by atoms with van der Waals surface area (Å²) in [4.78, 5) is 8.84. The first-order valence-electron chi connectivity index (χ1n) is 6.63. The molecule has 1 aliphatic rings. The molecule has 0 aliphatic heterocycles. The molecule has 0 saturated heterocycles. The van der Waals surface area contributed by atoms with Crippen molar-refractivity contribution in [2.45, 2.75) is 18.8 Å². The monoisotopic (exact) mass is 350 g/mol. The van der Waals surface area contributed by atoms with Crippen LogP contribution in [-0.4, -0.2) is 24.2 Å². The highest BCUT2D eigenvalue weighted by Gasteiger charge is 2.27. The molecule has 1 saturated carbocycles. The number of methoxy groups -OCH3 is 2. The Morgan fingerprint density at radius 1 is 0.952 bits per heavy atom. The molecule has 1 aromatic heterocycles. The fraction of sp³-hybridized carbons (Fsp3) is 0.333. The lowest BCUT2D eigenvalue weighted by molar-refractivity contribution is 0.384. The summed E-state index contributed by atoms with van der Waals surface area (Å²) in [5, 5.41) is 0. The van der Waals surface area contributed by atoms with Crippen LogP contribution < -0.4 is 14.2 Å². The summed E-state index contributed by atoms with van der Waals surface area (Å²) in [6, 6.07) is 7.11. The normalized spacial score (nSPS) is 13.9. The summed E-state index contributed by atoms with van der Waals surface area (Å²) < 4.78 is 17.0. The lowest BCUT2D eigenvalue weighted by atomic mass is 10.3. The first-order valence-corrected chi connectivity index (χ1v) is 7.42. The van der Waals surface area contributed by atoms with Crippen molar-refractivity contribution in [1.29, 1.82) is 0 Å². The summed E-state index contributed by atoms with van der Waals surface area (Å²) in [7, 11) is 3.20. The van der Waals surface area contributed by atoms with E-state index >= 15 is 0 Å². The van der Waals surface area contributed by atoms with E-state index < -0.39 is 0 Å². The van der Waals surface area contributed by atoms with Gasteiger partial charge in [0, 0.05) is 30.2 Å². The van der Waals surface area contributed by atoms with E-state index in [-0.39, 0.29) is 0 Å². The summed E-state index contributed by atoms with van der Waals surface area (Å²) in [5.41, 5.74) is 0. The van der Waals surface area contributed by atoms with Crippen LogP contribution in [0, 0.1) is 0 Å². The largest absolute Gasteiger partial charge is 0.496 e. The number of halogens is 1. The van der Waals surface area contributed by atoms with E-state index in [1.165, 1.54) is 0 Å². The third kappa shape index (κ3) is 3.44. The second-order valence-corrected chi connectivity index (χ2v) is 5.62. The summed E-state index contributed by atoms with van der Waals surface area (Å²) >= 11 is 3.40. The van der Waals surface area contributed by atoms with Gasteiger partial charge in [-0.1, -0.05) is 0 Å². The Labute approximate surface area is 131 Å². The molecule has 3 rings (SSSR count). The molecule has 1 heterocycles. The molecule has 6 heteroatoms. The van der Waals surface area contributed by atoms with Gasteiger partial charge in [0.25, 0.3) is 0 Å². The van der Waals surface area contributed by atoms with Gasteiger partial charge in [0.2, 0.25) is 5.88 Å². The van der Waals surface area contributed by atoms with Gasteiger partial charge in [0.15, 0.2) is 0 Å². The van der Waals surface area contributed by atoms with Gasteiger partial charge in [-0.2, -0.15) is 4.98 Å². The van der Waals surface area contributed by atoms with Crippen molar-refractivity contribution in [2.24, 2.45) is 0 Å². The molecule has 2 aromatic rings. The van der Waals surface area contributed by atoms with Crippen molar-refractivity contribution in [3.8, 4) is 23.1 Å². The molecule has 0 atom stereocenters. The third-order valence-corrected chi connectivity index (χ3v) is 3.58. The maximum Gasteiger partial charge on any atom is 0.223 e. The molecule has 0 radical (unpaired) electrons. The third-order valence-electron chi connectivity index (χ3n) is 3.18. The van der Waals surface area contributed by atoms with E-state index in [1.807, 2.05) is 0 Å². The van der Waals surface area contributed by atoms with E-state index in [2.05, 4.69) is 25.9 Å². The molecule has 5 nitrogen and oxygen atoms in total. The van der Waals surface area contributed by atoms with Crippen molar-refractivity contribution in [1.82, 2.24) is 9.97 Å². The van der Waals surface area contributed by atoms with Crippen LogP contribution in [0.1, 0.15) is 24.6 Å². The maximum atomic E-state index is 5.82. The first kappa shape index (κ1) is 14.1. The minimum Gasteiger partial charge on any atom is -0.496 e. The molecule has 0 unspecified atom stereocenters. The van der Waals surface area contributed by atoms with E-state index in [0.717, 1.165) is 23.3 Å². The van der Waals surface area contributed by atoms with E-state index in [0.29, 0.717) is 29.0 Å². The minimum absolute atomic E-state index is 0.463. The fourth-order valence-electron chi connectivity index (χ4n) is 1.95. The Bertz CT molecular complexity index is 637. The van der Waals surface area contributed by atoms with Crippen LogP contribution in [-0.2, 0) is 0 Å². The Morgan fingerprint density at radius 3 is 2.14 bits per heavy atom. The Morgan fingerprint density at radius 2 is 1.57 bits per heavy atom. The van der Waals surface area contributed by atoms with Gasteiger partial charge in [-0.3, -0.25) is 0 Å². The molecule has 110 valence electrons. The number of aromatic nitrogens is 2. The summed E-state index contributed by atoms with van der Waals surface area (Å²) in [5.74, 6) is 3.74. The Hall–Kier alpha value is -1.82. The summed E-state index contributed by atoms with van der Waals surface area (Å²) in [6.45, 7) is 0. The summed E-state index contributed by atoms with van der Waals surface area (Å²) in [6.07, 6.45) is 2.28. The topological polar surface area (TPSA) is 53.5 Å². The molecule has 21 heavy (non-hydrogen) atoms. The van der Waals surface area contributed by atoms with Crippen LogP contribution in [0.2, 0.25) is 0 Å². The highest BCUT2D eigenvalue weighted by Crippen LogP contribution is 2.39. The van der Waals surface area contributed by atoms with Gasteiger partial charge in [0.1, 0.15) is 27.7 Å². The number of rotatable bonds is 5.